The van der Waals surface area contributed by atoms with Crippen LogP contribution in [0, 0.1) is 11.8 Å². The molecule has 0 amide bonds. The molecule has 1 aromatic rings. The molecule has 0 unspecified atom stereocenters. The van der Waals surface area contributed by atoms with Gasteiger partial charge < -0.3 is 14.8 Å². The summed E-state index contributed by atoms with van der Waals surface area (Å²) in [4.78, 5) is 0. The van der Waals surface area contributed by atoms with Crippen molar-refractivity contribution in [3.05, 3.63) is 17.2 Å². The SMILES string of the molecule is Clc1cc2c(cc1NC(C1CC1)C1CC1)OCO2. The first kappa shape index (κ1) is 10.8. The molecule has 0 spiro atoms. The number of rotatable bonds is 4. The lowest BCUT2D eigenvalue weighted by atomic mass is 10.1. The van der Waals surface area contributed by atoms with Crippen LogP contribution in [0.4, 0.5) is 5.69 Å². The number of nitrogens with one attached hydrogen (secondary N) is 1. The predicted molar refractivity (Wildman–Crippen MR) is 70.4 cm³/mol. The van der Waals surface area contributed by atoms with Gasteiger partial charge in [0.25, 0.3) is 0 Å². The van der Waals surface area contributed by atoms with E-state index < -0.39 is 0 Å². The van der Waals surface area contributed by atoms with Crippen molar-refractivity contribution in [2.45, 2.75) is 31.7 Å². The highest BCUT2D eigenvalue weighted by Crippen LogP contribution is 2.47. The molecule has 3 aliphatic rings. The Morgan fingerprint density at radius 2 is 1.67 bits per heavy atom. The van der Waals surface area contributed by atoms with Crippen molar-refractivity contribution in [3.63, 3.8) is 0 Å². The third-order valence-corrected chi connectivity index (χ3v) is 4.36. The summed E-state index contributed by atoms with van der Waals surface area (Å²) < 4.78 is 10.7. The van der Waals surface area contributed by atoms with Crippen molar-refractivity contribution in [2.75, 3.05) is 12.1 Å². The topological polar surface area (TPSA) is 30.5 Å². The highest BCUT2D eigenvalue weighted by Gasteiger charge is 2.41. The van der Waals surface area contributed by atoms with E-state index in [0.717, 1.165) is 34.0 Å². The van der Waals surface area contributed by atoms with E-state index in [2.05, 4.69) is 5.32 Å². The summed E-state index contributed by atoms with van der Waals surface area (Å²) in [5, 5.41) is 4.36. The van der Waals surface area contributed by atoms with Gasteiger partial charge in [-0.15, -0.1) is 0 Å². The standard InChI is InChI=1S/C14H16ClNO2/c15-10-5-12-13(18-7-17-12)6-11(10)16-14(8-1-2-8)9-3-4-9/h5-6,8-9,14,16H,1-4,7H2. The summed E-state index contributed by atoms with van der Waals surface area (Å²) in [5.41, 5.74) is 0.990. The zero-order valence-corrected chi connectivity index (χ0v) is 10.9. The Morgan fingerprint density at radius 3 is 2.28 bits per heavy atom. The van der Waals surface area contributed by atoms with Gasteiger partial charge in [-0.25, -0.2) is 0 Å². The lowest BCUT2D eigenvalue weighted by Crippen LogP contribution is -2.24. The molecule has 4 rings (SSSR count). The first-order valence-corrected chi connectivity index (χ1v) is 7.05. The highest BCUT2D eigenvalue weighted by molar-refractivity contribution is 6.33. The average molecular weight is 266 g/mol. The Hall–Kier alpha value is -1.09. The van der Waals surface area contributed by atoms with Crippen LogP contribution < -0.4 is 14.8 Å². The molecule has 0 atom stereocenters. The Balaban J connectivity index is 1.59. The van der Waals surface area contributed by atoms with E-state index in [9.17, 15) is 0 Å². The zero-order chi connectivity index (χ0) is 12.1. The monoisotopic (exact) mass is 265 g/mol. The molecule has 1 heterocycles. The van der Waals surface area contributed by atoms with Gasteiger partial charge in [0.15, 0.2) is 11.5 Å². The third kappa shape index (κ3) is 1.91. The molecule has 1 aliphatic heterocycles. The number of ether oxygens (including phenoxy) is 2. The molecule has 2 fully saturated rings. The molecule has 0 saturated heterocycles. The van der Waals surface area contributed by atoms with E-state index in [1.165, 1.54) is 25.7 Å². The Morgan fingerprint density at radius 1 is 1.06 bits per heavy atom. The molecular weight excluding hydrogens is 250 g/mol. The summed E-state index contributed by atoms with van der Waals surface area (Å²) in [7, 11) is 0. The molecule has 96 valence electrons. The van der Waals surface area contributed by atoms with Gasteiger partial charge in [-0.1, -0.05) is 11.6 Å². The molecule has 18 heavy (non-hydrogen) atoms. The van der Waals surface area contributed by atoms with E-state index in [1.807, 2.05) is 12.1 Å². The lowest BCUT2D eigenvalue weighted by molar-refractivity contribution is 0.174. The fourth-order valence-electron chi connectivity index (χ4n) is 2.74. The van der Waals surface area contributed by atoms with Gasteiger partial charge >= 0.3 is 0 Å². The van der Waals surface area contributed by atoms with Crippen LogP contribution in [0.3, 0.4) is 0 Å². The molecule has 0 radical (unpaired) electrons. The van der Waals surface area contributed by atoms with Gasteiger partial charge in [0.1, 0.15) is 0 Å². The van der Waals surface area contributed by atoms with Crippen molar-refractivity contribution < 1.29 is 9.47 Å². The lowest BCUT2D eigenvalue weighted by Gasteiger charge is -2.20. The van der Waals surface area contributed by atoms with Crippen molar-refractivity contribution in [3.8, 4) is 11.5 Å². The maximum atomic E-state index is 6.30. The molecule has 2 aliphatic carbocycles. The second-order valence-corrected chi connectivity index (χ2v) is 5.94. The van der Waals surface area contributed by atoms with Crippen molar-refractivity contribution in [1.82, 2.24) is 0 Å². The fraction of sp³-hybridized carbons (Fsp3) is 0.571. The highest BCUT2D eigenvalue weighted by atomic mass is 35.5. The van der Waals surface area contributed by atoms with Gasteiger partial charge in [-0.2, -0.15) is 0 Å². The van der Waals surface area contributed by atoms with Crippen LogP contribution >= 0.6 is 11.6 Å². The predicted octanol–water partition coefficient (Wildman–Crippen LogP) is 3.67. The van der Waals surface area contributed by atoms with E-state index in [4.69, 9.17) is 21.1 Å². The molecule has 1 N–H and O–H groups in total. The zero-order valence-electron chi connectivity index (χ0n) is 10.1. The molecule has 0 aromatic heterocycles. The molecule has 1 aromatic carbocycles. The van der Waals surface area contributed by atoms with E-state index in [1.54, 1.807) is 0 Å². The third-order valence-electron chi connectivity index (χ3n) is 4.04. The van der Waals surface area contributed by atoms with Crippen molar-refractivity contribution in [1.29, 1.82) is 0 Å². The van der Waals surface area contributed by atoms with Gasteiger partial charge in [0.2, 0.25) is 6.79 Å². The van der Waals surface area contributed by atoms with Gasteiger partial charge in [0.05, 0.1) is 10.7 Å². The molecule has 3 nitrogen and oxygen atoms in total. The Labute approximate surface area is 111 Å². The Kier molecular flexibility index (Phi) is 2.37. The first-order chi connectivity index (χ1) is 8.81. The second-order valence-electron chi connectivity index (χ2n) is 5.53. The van der Waals surface area contributed by atoms with Gasteiger partial charge in [-0.3, -0.25) is 0 Å². The largest absolute Gasteiger partial charge is 0.454 e. The number of halogens is 1. The Bertz CT molecular complexity index is 471. The summed E-state index contributed by atoms with van der Waals surface area (Å²) in [6, 6.07) is 4.42. The molecule has 0 bridgehead atoms. The van der Waals surface area contributed by atoms with Crippen LogP contribution in [0.2, 0.25) is 5.02 Å². The van der Waals surface area contributed by atoms with Crippen LogP contribution in [-0.2, 0) is 0 Å². The summed E-state index contributed by atoms with van der Waals surface area (Å²) >= 11 is 6.30. The van der Waals surface area contributed by atoms with Crippen LogP contribution in [0.15, 0.2) is 12.1 Å². The van der Waals surface area contributed by atoms with Crippen LogP contribution in [0.5, 0.6) is 11.5 Å². The van der Waals surface area contributed by atoms with Crippen LogP contribution in [-0.4, -0.2) is 12.8 Å². The minimum Gasteiger partial charge on any atom is -0.454 e. The summed E-state index contributed by atoms with van der Waals surface area (Å²) in [5.74, 6) is 3.24. The first-order valence-electron chi connectivity index (χ1n) is 6.67. The van der Waals surface area contributed by atoms with Gasteiger partial charge in [0, 0.05) is 18.2 Å². The van der Waals surface area contributed by atoms with Gasteiger partial charge in [-0.05, 0) is 37.5 Å². The number of anilines is 1. The second kappa shape index (κ2) is 3.95. The maximum Gasteiger partial charge on any atom is 0.231 e. The minimum absolute atomic E-state index is 0.295. The molecular formula is C14H16ClNO2. The fourth-order valence-corrected chi connectivity index (χ4v) is 2.95. The number of fused-ring (bicyclic) bond motifs is 1. The van der Waals surface area contributed by atoms with Crippen molar-refractivity contribution in [2.24, 2.45) is 11.8 Å². The number of hydrogen-bond donors (Lipinski definition) is 1. The van der Waals surface area contributed by atoms with E-state index >= 15 is 0 Å². The normalized spacial score (nSPS) is 21.4. The summed E-state index contributed by atoms with van der Waals surface area (Å²) in [6.07, 6.45) is 5.43. The number of benzene rings is 1. The molecule has 4 heteroatoms. The van der Waals surface area contributed by atoms with Crippen LogP contribution in [0.25, 0.3) is 0 Å². The quantitative estimate of drug-likeness (QED) is 0.901. The van der Waals surface area contributed by atoms with E-state index in [0.29, 0.717) is 12.8 Å². The summed E-state index contributed by atoms with van der Waals surface area (Å²) in [6.45, 7) is 0.295. The van der Waals surface area contributed by atoms with Crippen LogP contribution in [0.1, 0.15) is 25.7 Å². The van der Waals surface area contributed by atoms with Crippen molar-refractivity contribution >= 4 is 17.3 Å². The molecule has 2 saturated carbocycles. The number of hydrogen-bond acceptors (Lipinski definition) is 3. The average Bonchev–Trinajstić information content (AvgIpc) is 3.25. The van der Waals surface area contributed by atoms with E-state index in [-0.39, 0.29) is 0 Å². The minimum atomic E-state index is 0.295. The maximum absolute atomic E-state index is 6.30. The smallest absolute Gasteiger partial charge is 0.231 e.